The van der Waals surface area contributed by atoms with Crippen molar-refractivity contribution in [1.82, 2.24) is 14.8 Å². The summed E-state index contributed by atoms with van der Waals surface area (Å²) >= 11 is 1.53. The van der Waals surface area contributed by atoms with E-state index in [1.807, 2.05) is 4.57 Å². The summed E-state index contributed by atoms with van der Waals surface area (Å²) in [5, 5.41) is 18.3. The molecule has 1 heterocycles. The van der Waals surface area contributed by atoms with Gasteiger partial charge in [0.05, 0.1) is 5.60 Å². The van der Waals surface area contributed by atoms with Crippen LogP contribution in [0, 0.1) is 0 Å². The topological polar surface area (TPSA) is 50.9 Å². The highest BCUT2D eigenvalue weighted by atomic mass is 32.2. The minimum absolute atomic E-state index is 0.356. The van der Waals surface area contributed by atoms with Crippen molar-refractivity contribution in [3.05, 3.63) is 6.33 Å². The molecule has 0 aliphatic heterocycles. The summed E-state index contributed by atoms with van der Waals surface area (Å²) in [6.45, 7) is 7.74. The number of hydrogen-bond acceptors (Lipinski definition) is 4. The van der Waals surface area contributed by atoms with Gasteiger partial charge in [-0.1, -0.05) is 11.8 Å². The van der Waals surface area contributed by atoms with Crippen LogP contribution in [0.25, 0.3) is 0 Å². The molecule has 1 aromatic heterocycles. The van der Waals surface area contributed by atoms with Crippen LogP contribution < -0.4 is 0 Å². The first-order valence-electron chi connectivity index (χ1n) is 4.65. The Morgan fingerprint density at radius 1 is 1.57 bits per heavy atom. The molecule has 1 N–H and O–H groups in total. The van der Waals surface area contributed by atoms with Crippen molar-refractivity contribution >= 4 is 11.8 Å². The minimum atomic E-state index is -0.668. The fourth-order valence-corrected chi connectivity index (χ4v) is 1.92. The van der Waals surface area contributed by atoms with Gasteiger partial charge in [0.2, 0.25) is 0 Å². The van der Waals surface area contributed by atoms with Crippen LogP contribution >= 0.6 is 11.8 Å². The summed E-state index contributed by atoms with van der Waals surface area (Å²) in [6, 6.07) is 0.356. The molecule has 0 fully saturated rings. The number of thioether (sulfide) groups is 1. The molecular formula is C9H17N3OS. The number of hydrogen-bond donors (Lipinski definition) is 1. The second-order valence-electron chi connectivity index (χ2n) is 4.22. The van der Waals surface area contributed by atoms with Gasteiger partial charge in [0, 0.05) is 11.8 Å². The predicted molar refractivity (Wildman–Crippen MR) is 57.4 cm³/mol. The molecule has 0 amide bonds. The lowest BCUT2D eigenvalue weighted by molar-refractivity contribution is 0.107. The van der Waals surface area contributed by atoms with Gasteiger partial charge in [-0.3, -0.25) is 0 Å². The fourth-order valence-electron chi connectivity index (χ4n) is 0.931. The van der Waals surface area contributed by atoms with Crippen LogP contribution in [0.3, 0.4) is 0 Å². The molecular weight excluding hydrogens is 198 g/mol. The molecule has 5 heteroatoms. The van der Waals surface area contributed by atoms with Crippen LogP contribution in [0.4, 0.5) is 0 Å². The van der Waals surface area contributed by atoms with Gasteiger partial charge in [0.1, 0.15) is 6.33 Å². The Labute approximate surface area is 88.7 Å². The highest BCUT2D eigenvalue weighted by molar-refractivity contribution is 7.99. The summed E-state index contributed by atoms with van der Waals surface area (Å²) in [7, 11) is 0. The standard InChI is InChI=1S/C9H17N3OS/c1-7(2)12-6-10-11-8(12)14-5-9(3,4)13/h6-7,13H,5H2,1-4H3. The molecule has 80 valence electrons. The van der Waals surface area contributed by atoms with E-state index in [0.717, 1.165) is 5.16 Å². The number of aliphatic hydroxyl groups is 1. The maximum Gasteiger partial charge on any atom is 0.191 e. The summed E-state index contributed by atoms with van der Waals surface area (Å²) in [6.07, 6.45) is 1.72. The second-order valence-corrected chi connectivity index (χ2v) is 5.16. The van der Waals surface area contributed by atoms with Crippen LogP contribution in [-0.2, 0) is 0 Å². The Bertz CT molecular complexity index is 290. The quantitative estimate of drug-likeness (QED) is 0.777. The first-order chi connectivity index (χ1) is 6.40. The van der Waals surface area contributed by atoms with Crippen molar-refractivity contribution in [2.45, 2.75) is 44.5 Å². The third kappa shape index (κ3) is 3.31. The van der Waals surface area contributed by atoms with E-state index in [2.05, 4.69) is 24.0 Å². The lowest BCUT2D eigenvalue weighted by atomic mass is 10.2. The molecule has 0 radical (unpaired) electrons. The molecule has 14 heavy (non-hydrogen) atoms. The maximum atomic E-state index is 9.57. The van der Waals surface area contributed by atoms with Crippen molar-refractivity contribution in [3.63, 3.8) is 0 Å². The van der Waals surface area contributed by atoms with E-state index in [4.69, 9.17) is 0 Å². The zero-order chi connectivity index (χ0) is 10.8. The summed E-state index contributed by atoms with van der Waals surface area (Å²) in [5.74, 6) is 0.623. The molecule has 0 aromatic carbocycles. The lowest BCUT2D eigenvalue weighted by Crippen LogP contribution is -2.22. The van der Waals surface area contributed by atoms with Crippen molar-refractivity contribution < 1.29 is 5.11 Å². The van der Waals surface area contributed by atoms with E-state index in [0.29, 0.717) is 11.8 Å². The molecule has 0 unspecified atom stereocenters. The Balaban J connectivity index is 2.63. The second kappa shape index (κ2) is 4.31. The third-order valence-corrected chi connectivity index (χ3v) is 3.05. The predicted octanol–water partition coefficient (Wildman–Crippen LogP) is 1.72. The molecule has 1 rings (SSSR count). The first kappa shape index (κ1) is 11.5. The van der Waals surface area contributed by atoms with Gasteiger partial charge in [-0.05, 0) is 27.7 Å². The van der Waals surface area contributed by atoms with E-state index in [1.54, 1.807) is 20.2 Å². The van der Waals surface area contributed by atoms with Crippen LogP contribution in [0.5, 0.6) is 0 Å². The normalized spacial score (nSPS) is 12.4. The Morgan fingerprint density at radius 2 is 2.21 bits per heavy atom. The van der Waals surface area contributed by atoms with E-state index in [-0.39, 0.29) is 0 Å². The number of rotatable bonds is 4. The van der Waals surface area contributed by atoms with Crippen LogP contribution in [0.15, 0.2) is 11.5 Å². The first-order valence-corrected chi connectivity index (χ1v) is 5.63. The fraction of sp³-hybridized carbons (Fsp3) is 0.778. The molecule has 0 saturated carbocycles. The molecule has 4 nitrogen and oxygen atoms in total. The summed E-state index contributed by atoms with van der Waals surface area (Å²) < 4.78 is 2.00. The van der Waals surface area contributed by atoms with E-state index in [1.165, 1.54) is 11.8 Å². The number of aromatic nitrogens is 3. The third-order valence-electron chi connectivity index (χ3n) is 1.65. The molecule has 0 aliphatic rings. The molecule has 0 saturated heterocycles. The molecule has 0 atom stereocenters. The summed E-state index contributed by atoms with van der Waals surface area (Å²) in [5.41, 5.74) is -0.668. The Morgan fingerprint density at radius 3 is 2.71 bits per heavy atom. The van der Waals surface area contributed by atoms with Gasteiger partial charge >= 0.3 is 0 Å². The molecule has 0 spiro atoms. The van der Waals surface area contributed by atoms with Crippen LogP contribution in [0.2, 0.25) is 0 Å². The van der Waals surface area contributed by atoms with Crippen molar-refractivity contribution in [3.8, 4) is 0 Å². The van der Waals surface area contributed by atoms with E-state index < -0.39 is 5.60 Å². The van der Waals surface area contributed by atoms with Crippen molar-refractivity contribution in [2.75, 3.05) is 5.75 Å². The molecule has 0 bridgehead atoms. The lowest BCUT2D eigenvalue weighted by Gasteiger charge is -2.16. The Hall–Kier alpha value is -0.550. The monoisotopic (exact) mass is 215 g/mol. The Kier molecular flexibility index (Phi) is 3.55. The average Bonchev–Trinajstić information content (AvgIpc) is 2.46. The minimum Gasteiger partial charge on any atom is -0.390 e. The molecule has 1 aromatic rings. The smallest absolute Gasteiger partial charge is 0.191 e. The highest BCUT2D eigenvalue weighted by Gasteiger charge is 2.16. The number of nitrogens with zero attached hydrogens (tertiary/aromatic N) is 3. The largest absolute Gasteiger partial charge is 0.390 e. The zero-order valence-electron chi connectivity index (χ0n) is 9.06. The van der Waals surface area contributed by atoms with Gasteiger partial charge in [0.25, 0.3) is 0 Å². The molecule has 0 aliphatic carbocycles. The SMILES string of the molecule is CC(C)n1cnnc1SCC(C)(C)O. The maximum absolute atomic E-state index is 9.57. The van der Waals surface area contributed by atoms with Crippen LogP contribution in [-0.4, -0.2) is 31.2 Å². The summed E-state index contributed by atoms with van der Waals surface area (Å²) in [4.78, 5) is 0. The van der Waals surface area contributed by atoms with Gasteiger partial charge in [-0.25, -0.2) is 0 Å². The van der Waals surface area contributed by atoms with Gasteiger partial charge in [-0.15, -0.1) is 10.2 Å². The van der Waals surface area contributed by atoms with Gasteiger partial charge < -0.3 is 9.67 Å². The van der Waals surface area contributed by atoms with Gasteiger partial charge in [-0.2, -0.15) is 0 Å². The van der Waals surface area contributed by atoms with Crippen molar-refractivity contribution in [2.24, 2.45) is 0 Å². The van der Waals surface area contributed by atoms with Gasteiger partial charge in [0.15, 0.2) is 5.16 Å². The average molecular weight is 215 g/mol. The zero-order valence-corrected chi connectivity index (χ0v) is 9.88. The highest BCUT2D eigenvalue weighted by Crippen LogP contribution is 2.22. The van der Waals surface area contributed by atoms with Crippen LogP contribution in [0.1, 0.15) is 33.7 Å². The van der Waals surface area contributed by atoms with Crippen molar-refractivity contribution in [1.29, 1.82) is 0 Å². The van der Waals surface area contributed by atoms with E-state index >= 15 is 0 Å². The van der Waals surface area contributed by atoms with E-state index in [9.17, 15) is 5.11 Å².